The first-order chi connectivity index (χ1) is 8.58. The maximum atomic E-state index is 11.0. The normalized spacial score (nSPS) is 20.2. The lowest BCUT2D eigenvalue weighted by Crippen LogP contribution is -2.45. The van der Waals surface area contributed by atoms with Crippen molar-refractivity contribution in [2.75, 3.05) is 32.1 Å². The zero-order valence-electron chi connectivity index (χ0n) is 11.0. The minimum Gasteiger partial charge on any atom is -0.478 e. The van der Waals surface area contributed by atoms with E-state index in [1.165, 1.54) is 6.42 Å². The third-order valence-corrected chi connectivity index (χ3v) is 3.59. The number of hydrogen-bond donors (Lipinski definition) is 1. The van der Waals surface area contributed by atoms with Gasteiger partial charge < -0.3 is 14.9 Å². The van der Waals surface area contributed by atoms with Crippen LogP contribution in [0.4, 0.5) is 5.69 Å². The molecule has 0 spiro atoms. The Balaban J connectivity index is 2.15. The molecule has 1 aliphatic heterocycles. The number of piperidine rings is 1. The molecular formula is C14H20N2O2. The molecule has 98 valence electrons. The van der Waals surface area contributed by atoms with E-state index in [9.17, 15) is 4.79 Å². The number of likely N-dealkylation sites (N-methyl/N-ethyl adjacent to an activating group) is 1. The zero-order chi connectivity index (χ0) is 13.1. The molecule has 0 saturated carbocycles. The molecule has 1 aromatic rings. The molecule has 1 aliphatic rings. The number of hydrogen-bond acceptors (Lipinski definition) is 3. The van der Waals surface area contributed by atoms with Gasteiger partial charge in [-0.05, 0) is 45.1 Å². The van der Waals surface area contributed by atoms with Crippen LogP contribution in [0.1, 0.15) is 23.2 Å². The van der Waals surface area contributed by atoms with Gasteiger partial charge in [0.05, 0.1) is 5.56 Å². The molecule has 1 saturated heterocycles. The zero-order valence-corrected chi connectivity index (χ0v) is 11.0. The van der Waals surface area contributed by atoms with Gasteiger partial charge in [-0.15, -0.1) is 0 Å². The Bertz CT molecular complexity index is 432. The average molecular weight is 248 g/mol. The highest BCUT2D eigenvalue weighted by Gasteiger charge is 2.21. The number of aromatic carboxylic acids is 1. The standard InChI is InChI=1S/C14H20N2O2/c1-15(2)13-7-4-8-16(10-13)12-6-3-5-11(9-12)14(17)18/h3,5-6,9,13H,4,7-8,10H2,1-2H3,(H,17,18). The fourth-order valence-corrected chi connectivity index (χ4v) is 2.45. The summed E-state index contributed by atoms with van der Waals surface area (Å²) in [6.07, 6.45) is 2.36. The van der Waals surface area contributed by atoms with Crippen LogP contribution in [0, 0.1) is 0 Å². The summed E-state index contributed by atoms with van der Waals surface area (Å²) in [7, 11) is 4.20. The minimum atomic E-state index is -0.863. The van der Waals surface area contributed by atoms with Crippen molar-refractivity contribution in [3.8, 4) is 0 Å². The first-order valence-corrected chi connectivity index (χ1v) is 6.32. The van der Waals surface area contributed by atoms with Crippen molar-refractivity contribution in [2.45, 2.75) is 18.9 Å². The number of carbonyl (C=O) groups is 1. The molecule has 1 unspecified atom stereocenters. The molecule has 1 N–H and O–H groups in total. The number of carboxylic acids is 1. The largest absolute Gasteiger partial charge is 0.478 e. The highest BCUT2D eigenvalue weighted by Crippen LogP contribution is 2.22. The van der Waals surface area contributed by atoms with Crippen LogP contribution in [0.5, 0.6) is 0 Å². The molecule has 0 aromatic heterocycles. The molecule has 1 atom stereocenters. The molecule has 4 nitrogen and oxygen atoms in total. The Hall–Kier alpha value is -1.55. The van der Waals surface area contributed by atoms with Crippen molar-refractivity contribution in [3.05, 3.63) is 29.8 Å². The van der Waals surface area contributed by atoms with E-state index in [0.717, 1.165) is 25.2 Å². The van der Waals surface area contributed by atoms with E-state index in [0.29, 0.717) is 11.6 Å². The summed E-state index contributed by atoms with van der Waals surface area (Å²) in [6.45, 7) is 1.98. The summed E-state index contributed by atoms with van der Waals surface area (Å²) >= 11 is 0. The first kappa shape index (κ1) is 12.9. The molecular weight excluding hydrogens is 228 g/mol. The third kappa shape index (κ3) is 2.82. The second kappa shape index (κ2) is 5.40. The number of benzene rings is 1. The van der Waals surface area contributed by atoms with Crippen molar-refractivity contribution in [1.82, 2.24) is 4.90 Å². The Kier molecular flexibility index (Phi) is 3.87. The van der Waals surface area contributed by atoms with Crippen molar-refractivity contribution < 1.29 is 9.90 Å². The quantitative estimate of drug-likeness (QED) is 0.887. The molecule has 4 heteroatoms. The van der Waals surface area contributed by atoms with Crippen LogP contribution in [0.3, 0.4) is 0 Å². The Labute approximate surface area is 108 Å². The second-order valence-corrected chi connectivity index (χ2v) is 5.06. The number of nitrogens with zero attached hydrogens (tertiary/aromatic N) is 2. The summed E-state index contributed by atoms with van der Waals surface area (Å²) in [5, 5.41) is 9.02. The smallest absolute Gasteiger partial charge is 0.335 e. The predicted octanol–water partition coefficient (Wildman–Crippen LogP) is 1.92. The van der Waals surface area contributed by atoms with Crippen molar-refractivity contribution in [1.29, 1.82) is 0 Å². The number of carboxylic acid groups (broad SMARTS) is 1. The van der Waals surface area contributed by atoms with Gasteiger partial charge in [-0.2, -0.15) is 0 Å². The van der Waals surface area contributed by atoms with Gasteiger partial charge in [-0.3, -0.25) is 0 Å². The van der Waals surface area contributed by atoms with Gasteiger partial charge in [0, 0.05) is 24.8 Å². The molecule has 18 heavy (non-hydrogen) atoms. The maximum absolute atomic E-state index is 11.0. The summed E-state index contributed by atoms with van der Waals surface area (Å²) in [5.41, 5.74) is 1.38. The minimum absolute atomic E-state index is 0.361. The molecule has 1 aromatic carbocycles. The van der Waals surface area contributed by atoms with Crippen LogP contribution in [0.25, 0.3) is 0 Å². The lowest BCUT2D eigenvalue weighted by molar-refractivity contribution is 0.0697. The highest BCUT2D eigenvalue weighted by atomic mass is 16.4. The van der Waals surface area contributed by atoms with E-state index in [-0.39, 0.29) is 0 Å². The Morgan fingerprint density at radius 2 is 2.22 bits per heavy atom. The molecule has 2 rings (SSSR count). The van der Waals surface area contributed by atoms with Gasteiger partial charge in [0.1, 0.15) is 0 Å². The molecule has 0 bridgehead atoms. The highest BCUT2D eigenvalue weighted by molar-refractivity contribution is 5.88. The van der Waals surface area contributed by atoms with E-state index in [1.807, 2.05) is 12.1 Å². The number of anilines is 1. The van der Waals surface area contributed by atoms with Crippen molar-refractivity contribution in [3.63, 3.8) is 0 Å². The van der Waals surface area contributed by atoms with Gasteiger partial charge in [0.25, 0.3) is 0 Å². The lowest BCUT2D eigenvalue weighted by atomic mass is 10.0. The number of rotatable bonds is 3. The summed E-state index contributed by atoms with van der Waals surface area (Å²) < 4.78 is 0. The van der Waals surface area contributed by atoms with E-state index in [2.05, 4.69) is 23.9 Å². The molecule has 0 aliphatic carbocycles. The summed E-state index contributed by atoms with van der Waals surface area (Å²) in [4.78, 5) is 15.5. The van der Waals surface area contributed by atoms with Crippen molar-refractivity contribution in [2.24, 2.45) is 0 Å². The van der Waals surface area contributed by atoms with E-state index in [4.69, 9.17) is 5.11 Å². The average Bonchev–Trinajstić information content (AvgIpc) is 2.39. The van der Waals surface area contributed by atoms with Gasteiger partial charge in [-0.25, -0.2) is 4.79 Å². The van der Waals surface area contributed by atoms with E-state index in [1.54, 1.807) is 12.1 Å². The molecule has 1 fully saturated rings. The van der Waals surface area contributed by atoms with Gasteiger partial charge in [-0.1, -0.05) is 6.07 Å². The van der Waals surface area contributed by atoms with Crippen LogP contribution in [0.15, 0.2) is 24.3 Å². The lowest BCUT2D eigenvalue weighted by Gasteiger charge is -2.37. The summed E-state index contributed by atoms with van der Waals surface area (Å²) in [5.74, 6) is -0.863. The maximum Gasteiger partial charge on any atom is 0.335 e. The van der Waals surface area contributed by atoms with Crippen LogP contribution >= 0.6 is 0 Å². The second-order valence-electron chi connectivity index (χ2n) is 5.06. The first-order valence-electron chi connectivity index (χ1n) is 6.32. The Morgan fingerprint density at radius 3 is 2.89 bits per heavy atom. The van der Waals surface area contributed by atoms with Gasteiger partial charge in [0.15, 0.2) is 0 Å². The van der Waals surface area contributed by atoms with Crippen LogP contribution in [-0.4, -0.2) is 49.2 Å². The molecule has 1 heterocycles. The van der Waals surface area contributed by atoms with Crippen molar-refractivity contribution >= 4 is 11.7 Å². The van der Waals surface area contributed by atoms with Crippen LogP contribution in [-0.2, 0) is 0 Å². The van der Waals surface area contributed by atoms with Crippen LogP contribution < -0.4 is 4.90 Å². The topological polar surface area (TPSA) is 43.8 Å². The van der Waals surface area contributed by atoms with E-state index >= 15 is 0 Å². The van der Waals surface area contributed by atoms with E-state index < -0.39 is 5.97 Å². The SMILES string of the molecule is CN(C)C1CCCN(c2cccc(C(=O)O)c2)C1. The Morgan fingerprint density at radius 1 is 1.44 bits per heavy atom. The monoisotopic (exact) mass is 248 g/mol. The molecule has 0 radical (unpaired) electrons. The summed E-state index contributed by atoms with van der Waals surface area (Å²) in [6, 6.07) is 7.76. The fourth-order valence-electron chi connectivity index (χ4n) is 2.45. The van der Waals surface area contributed by atoms with Gasteiger partial charge in [0.2, 0.25) is 0 Å². The predicted molar refractivity (Wildman–Crippen MR) is 72.3 cm³/mol. The third-order valence-electron chi connectivity index (χ3n) is 3.59. The fraction of sp³-hybridized carbons (Fsp3) is 0.500. The molecule has 0 amide bonds. The van der Waals surface area contributed by atoms with Gasteiger partial charge >= 0.3 is 5.97 Å². The van der Waals surface area contributed by atoms with Crippen LogP contribution in [0.2, 0.25) is 0 Å².